The highest BCUT2D eigenvalue weighted by atomic mass is 35.5. The van der Waals surface area contributed by atoms with Crippen LogP contribution in [0, 0.1) is 0 Å². The van der Waals surface area contributed by atoms with Gasteiger partial charge >= 0.3 is 6.72 Å². The van der Waals surface area contributed by atoms with E-state index in [1.165, 1.54) is 7.11 Å². The van der Waals surface area contributed by atoms with Gasteiger partial charge in [-0.05, 0) is 6.26 Å². The molecule has 0 bridgehead atoms. The van der Waals surface area contributed by atoms with Gasteiger partial charge in [0.1, 0.15) is 0 Å². The number of halogens is 2. The fourth-order valence-electron chi connectivity index (χ4n) is 0.350. The van der Waals surface area contributed by atoms with Crippen LogP contribution in [-0.4, -0.2) is 24.1 Å². The molecule has 4 nitrogen and oxygen atoms in total. The molecule has 1 N–H and O–H groups in total. The summed E-state index contributed by atoms with van der Waals surface area (Å²) in [5, 5.41) is 2.09. The van der Waals surface area contributed by atoms with E-state index in [0.717, 1.165) is 11.4 Å². The fourth-order valence-corrected chi connectivity index (χ4v) is 2.33. The largest absolute Gasteiger partial charge is 0.352 e. The van der Waals surface area contributed by atoms with E-state index in [9.17, 15) is 9.36 Å². The molecule has 0 spiro atoms. The van der Waals surface area contributed by atoms with Crippen molar-refractivity contribution in [3.05, 3.63) is 0 Å². The second-order valence-corrected chi connectivity index (χ2v) is 7.22. The molecule has 0 saturated heterocycles. The topological polar surface area (TPSA) is 55.4 Å². The molecule has 0 aliphatic rings. The molecule has 72 valence electrons. The molecule has 0 heterocycles. The average Bonchev–Trinajstić information content (AvgIpc) is 2.04. The van der Waals surface area contributed by atoms with E-state index >= 15 is 0 Å². The van der Waals surface area contributed by atoms with E-state index in [-0.39, 0.29) is 0 Å². The van der Waals surface area contributed by atoms with E-state index in [1.807, 2.05) is 0 Å². The minimum atomic E-state index is -3.14. The highest BCUT2D eigenvalue weighted by Crippen LogP contribution is 2.53. The van der Waals surface area contributed by atoms with Gasteiger partial charge in [-0.15, -0.1) is 0 Å². The number of hydrogen-bond donors (Lipinski definition) is 1. The van der Waals surface area contributed by atoms with Crippen molar-refractivity contribution in [3.8, 4) is 0 Å². The normalized spacial score (nSPS) is 15.8. The molecule has 1 unspecified atom stereocenters. The van der Waals surface area contributed by atoms with Gasteiger partial charge in [-0.3, -0.25) is 14.4 Å². The van der Waals surface area contributed by atoms with Gasteiger partial charge in [0, 0.05) is 7.11 Å². The van der Waals surface area contributed by atoms with Crippen molar-refractivity contribution in [2.24, 2.45) is 0 Å². The second-order valence-electron chi connectivity index (χ2n) is 1.64. The second kappa shape index (κ2) is 5.35. The summed E-state index contributed by atoms with van der Waals surface area (Å²) in [7, 11) is 1.23. The Morgan fingerprint density at radius 1 is 1.67 bits per heavy atom. The first-order valence-corrected chi connectivity index (χ1v) is 7.09. The van der Waals surface area contributed by atoms with Crippen molar-refractivity contribution in [2.45, 2.75) is 4.84 Å². The number of nitrogens with one attached hydrogen (secondary N) is 1. The molecule has 0 radical (unpaired) electrons. The Hall–Kier alpha value is 0.590. The van der Waals surface area contributed by atoms with Crippen LogP contribution < -0.4 is 5.09 Å². The van der Waals surface area contributed by atoms with Gasteiger partial charge in [-0.2, -0.15) is 0 Å². The lowest BCUT2D eigenvalue weighted by Gasteiger charge is -2.14. The number of amides is 1. The lowest BCUT2D eigenvalue weighted by Crippen LogP contribution is -2.25. The highest BCUT2D eigenvalue weighted by molar-refractivity contribution is 8.55. The summed E-state index contributed by atoms with van der Waals surface area (Å²) in [5.74, 6) is -0.724. The molecular formula is C4H8Cl2NO3PS. The fraction of sp³-hybridized carbons (Fsp3) is 0.750. The third-order valence-electron chi connectivity index (χ3n) is 0.926. The number of alkyl halides is 2. The van der Waals surface area contributed by atoms with Gasteiger partial charge < -0.3 is 4.52 Å². The van der Waals surface area contributed by atoms with Crippen LogP contribution in [0.25, 0.3) is 0 Å². The first-order valence-electron chi connectivity index (χ1n) is 2.77. The maximum atomic E-state index is 11.4. The predicted molar refractivity (Wildman–Crippen MR) is 51.8 cm³/mol. The van der Waals surface area contributed by atoms with Crippen molar-refractivity contribution in [3.63, 3.8) is 0 Å². The van der Waals surface area contributed by atoms with Gasteiger partial charge in [0.25, 0.3) is 5.91 Å². The zero-order chi connectivity index (χ0) is 9.78. The predicted octanol–water partition coefficient (Wildman–Crippen LogP) is 2.02. The molecule has 0 aliphatic heterocycles. The summed E-state index contributed by atoms with van der Waals surface area (Å²) < 4.78 is 15.9. The lowest BCUT2D eigenvalue weighted by atomic mass is 10.8. The molecule has 0 saturated carbocycles. The molecule has 0 aromatic carbocycles. The summed E-state index contributed by atoms with van der Waals surface area (Å²) in [6.45, 7) is -3.14. The summed E-state index contributed by atoms with van der Waals surface area (Å²) in [6, 6.07) is 0. The zero-order valence-electron chi connectivity index (χ0n) is 6.41. The van der Waals surface area contributed by atoms with Crippen LogP contribution in [0.3, 0.4) is 0 Å². The van der Waals surface area contributed by atoms with Crippen LogP contribution in [0.4, 0.5) is 0 Å². The van der Waals surface area contributed by atoms with Gasteiger partial charge in [0.05, 0.1) is 0 Å². The number of rotatable bonds is 4. The quantitative estimate of drug-likeness (QED) is 0.614. The van der Waals surface area contributed by atoms with Gasteiger partial charge in [-0.25, -0.2) is 0 Å². The molecule has 1 atom stereocenters. The SMILES string of the molecule is COP(=O)(NC(=O)C(Cl)Cl)SC. The van der Waals surface area contributed by atoms with Crippen molar-refractivity contribution >= 4 is 47.2 Å². The number of hydrogen-bond acceptors (Lipinski definition) is 4. The first-order chi connectivity index (χ1) is 5.45. The van der Waals surface area contributed by atoms with Gasteiger partial charge in [0.15, 0.2) is 4.84 Å². The Labute approximate surface area is 84.6 Å². The Morgan fingerprint density at radius 2 is 2.17 bits per heavy atom. The van der Waals surface area contributed by atoms with E-state index in [1.54, 1.807) is 6.26 Å². The highest BCUT2D eigenvalue weighted by Gasteiger charge is 2.25. The standard InChI is InChI=1S/C4H8Cl2NO3PS/c1-10-11(9,12-2)7-4(8)3(5)6/h3H,1-2H3,(H,7,8,9). The zero-order valence-corrected chi connectivity index (χ0v) is 9.64. The van der Waals surface area contributed by atoms with Crippen LogP contribution in [-0.2, 0) is 13.9 Å². The molecule has 0 fully saturated rings. The third-order valence-corrected chi connectivity index (χ3v) is 4.94. The van der Waals surface area contributed by atoms with Crippen molar-refractivity contribution in [1.82, 2.24) is 5.09 Å². The Bertz CT molecular complexity index is 204. The van der Waals surface area contributed by atoms with Crippen LogP contribution in [0.1, 0.15) is 0 Å². The van der Waals surface area contributed by atoms with E-state index in [4.69, 9.17) is 23.2 Å². The van der Waals surface area contributed by atoms with E-state index in [0.29, 0.717) is 0 Å². The molecular weight excluding hydrogens is 244 g/mol. The van der Waals surface area contributed by atoms with Crippen LogP contribution >= 0.6 is 41.3 Å². The molecule has 8 heteroatoms. The lowest BCUT2D eigenvalue weighted by molar-refractivity contribution is -0.117. The van der Waals surface area contributed by atoms with E-state index in [2.05, 4.69) is 9.61 Å². The van der Waals surface area contributed by atoms with Crippen LogP contribution in [0.2, 0.25) is 0 Å². The third kappa shape index (κ3) is 4.01. The van der Waals surface area contributed by atoms with Gasteiger partial charge in [-0.1, -0.05) is 34.6 Å². The number of carbonyl (C=O) groups is 1. The summed E-state index contributed by atoms with van der Waals surface area (Å²) >= 11 is 11.3. The summed E-state index contributed by atoms with van der Waals surface area (Å²) in [6.07, 6.45) is 1.54. The Morgan fingerprint density at radius 3 is 2.42 bits per heavy atom. The summed E-state index contributed by atoms with van der Waals surface area (Å²) in [5.41, 5.74) is 0. The van der Waals surface area contributed by atoms with Crippen molar-refractivity contribution < 1.29 is 13.9 Å². The molecule has 1 amide bonds. The first kappa shape index (κ1) is 12.6. The molecule has 0 rings (SSSR count). The van der Waals surface area contributed by atoms with Gasteiger partial charge in [0.2, 0.25) is 0 Å². The maximum absolute atomic E-state index is 11.4. The average molecular weight is 252 g/mol. The van der Waals surface area contributed by atoms with Crippen LogP contribution in [0.15, 0.2) is 0 Å². The monoisotopic (exact) mass is 251 g/mol. The molecule has 12 heavy (non-hydrogen) atoms. The Balaban J connectivity index is 4.23. The molecule has 0 aliphatic carbocycles. The maximum Gasteiger partial charge on any atom is 0.352 e. The molecule has 0 aromatic rings. The molecule has 0 aromatic heterocycles. The van der Waals surface area contributed by atoms with E-state index < -0.39 is 17.5 Å². The van der Waals surface area contributed by atoms with Crippen LogP contribution in [0.5, 0.6) is 0 Å². The summed E-state index contributed by atoms with van der Waals surface area (Å²) in [4.78, 5) is 9.60. The van der Waals surface area contributed by atoms with Crippen molar-refractivity contribution in [1.29, 1.82) is 0 Å². The number of carbonyl (C=O) groups excluding carboxylic acids is 1. The Kier molecular flexibility index (Phi) is 5.61. The van der Waals surface area contributed by atoms with Crippen molar-refractivity contribution in [2.75, 3.05) is 13.4 Å². The minimum Gasteiger partial charge on any atom is -0.309 e. The smallest absolute Gasteiger partial charge is 0.309 e. The minimum absolute atomic E-state index is 0.724.